The van der Waals surface area contributed by atoms with Crippen LogP contribution in [0.15, 0.2) is 47.6 Å². The van der Waals surface area contributed by atoms with Gasteiger partial charge in [0.1, 0.15) is 0 Å². The van der Waals surface area contributed by atoms with Crippen LogP contribution in [0.5, 0.6) is 0 Å². The number of carbonyl (C=O) groups excluding carboxylic acids is 1. The van der Waals surface area contributed by atoms with E-state index in [1.807, 2.05) is 0 Å². The van der Waals surface area contributed by atoms with Gasteiger partial charge in [0.2, 0.25) is 0 Å². The fourth-order valence-corrected chi connectivity index (χ4v) is 1.61. The summed E-state index contributed by atoms with van der Waals surface area (Å²) in [7, 11) is 0. The van der Waals surface area contributed by atoms with E-state index in [9.17, 15) is 23.7 Å². The van der Waals surface area contributed by atoms with Crippen LogP contribution < -0.4 is 5.43 Å². The molecule has 6 nitrogen and oxygen atoms in total. The molecule has 0 atom stereocenters. The molecule has 22 heavy (non-hydrogen) atoms. The van der Waals surface area contributed by atoms with Crippen LogP contribution in [0.1, 0.15) is 15.9 Å². The van der Waals surface area contributed by atoms with Gasteiger partial charge < -0.3 is 0 Å². The van der Waals surface area contributed by atoms with Crippen molar-refractivity contribution in [3.05, 3.63) is 75.3 Å². The summed E-state index contributed by atoms with van der Waals surface area (Å²) in [5.41, 5.74) is 1.72. The van der Waals surface area contributed by atoms with Crippen LogP contribution in [0.4, 0.5) is 14.5 Å². The monoisotopic (exact) mass is 305 g/mol. The number of nitrogens with zero attached hydrogens (tertiary/aromatic N) is 2. The van der Waals surface area contributed by atoms with Crippen LogP contribution in [0.25, 0.3) is 0 Å². The standard InChI is InChI=1S/C14H9F2N3O3/c15-12-6-2-4-10(13(12)16)8-17-18-14(20)9-3-1-5-11(7-9)19(21)22/h1-8H,(H,18,20)/b17-8+. The molecule has 8 heteroatoms. The predicted octanol–water partition coefficient (Wildman–Crippen LogP) is 2.64. The molecule has 0 aliphatic heterocycles. The van der Waals surface area contributed by atoms with Crippen molar-refractivity contribution in [2.45, 2.75) is 0 Å². The van der Waals surface area contributed by atoms with E-state index in [2.05, 4.69) is 10.5 Å². The van der Waals surface area contributed by atoms with E-state index in [1.54, 1.807) is 0 Å². The maximum absolute atomic E-state index is 13.3. The molecule has 0 aromatic heterocycles. The number of benzene rings is 2. The second-order valence-electron chi connectivity index (χ2n) is 4.15. The second kappa shape index (κ2) is 6.53. The fraction of sp³-hybridized carbons (Fsp3) is 0. The summed E-state index contributed by atoms with van der Waals surface area (Å²) >= 11 is 0. The molecule has 0 saturated carbocycles. The molecule has 0 bridgehead atoms. The van der Waals surface area contributed by atoms with Gasteiger partial charge in [-0.1, -0.05) is 18.2 Å². The Kier molecular flexibility index (Phi) is 4.52. The number of amides is 1. The number of hydrogen-bond donors (Lipinski definition) is 1. The van der Waals surface area contributed by atoms with Gasteiger partial charge >= 0.3 is 0 Å². The smallest absolute Gasteiger partial charge is 0.267 e. The molecule has 2 aromatic carbocycles. The Morgan fingerprint density at radius 2 is 1.95 bits per heavy atom. The van der Waals surface area contributed by atoms with Gasteiger partial charge in [0, 0.05) is 23.3 Å². The topological polar surface area (TPSA) is 84.6 Å². The Morgan fingerprint density at radius 1 is 1.23 bits per heavy atom. The number of carbonyl (C=O) groups is 1. The number of nitro benzene ring substituents is 1. The number of non-ortho nitro benzene ring substituents is 1. The Labute approximate surface area is 123 Å². The van der Waals surface area contributed by atoms with Crippen LogP contribution in [-0.2, 0) is 0 Å². The van der Waals surface area contributed by atoms with Crippen LogP contribution >= 0.6 is 0 Å². The highest BCUT2D eigenvalue weighted by molar-refractivity contribution is 5.95. The van der Waals surface area contributed by atoms with Crippen molar-refractivity contribution in [1.29, 1.82) is 0 Å². The highest BCUT2D eigenvalue weighted by atomic mass is 19.2. The molecule has 112 valence electrons. The zero-order chi connectivity index (χ0) is 16.1. The normalized spacial score (nSPS) is 10.6. The maximum Gasteiger partial charge on any atom is 0.271 e. The summed E-state index contributed by atoms with van der Waals surface area (Å²) in [5.74, 6) is -2.83. The minimum Gasteiger partial charge on any atom is -0.267 e. The third-order valence-electron chi connectivity index (χ3n) is 2.67. The zero-order valence-electron chi connectivity index (χ0n) is 11.0. The first-order valence-electron chi connectivity index (χ1n) is 6.01. The lowest BCUT2D eigenvalue weighted by Crippen LogP contribution is -2.17. The molecule has 0 aliphatic carbocycles. The van der Waals surface area contributed by atoms with Crippen molar-refractivity contribution in [2.24, 2.45) is 5.10 Å². The molecule has 0 unspecified atom stereocenters. The van der Waals surface area contributed by atoms with E-state index in [-0.39, 0.29) is 16.8 Å². The lowest BCUT2D eigenvalue weighted by molar-refractivity contribution is -0.384. The molecule has 0 fully saturated rings. The minimum absolute atomic E-state index is 0.0195. The number of rotatable bonds is 4. The highest BCUT2D eigenvalue weighted by Crippen LogP contribution is 2.13. The van der Waals surface area contributed by atoms with Gasteiger partial charge in [-0.3, -0.25) is 14.9 Å². The quantitative estimate of drug-likeness (QED) is 0.535. The highest BCUT2D eigenvalue weighted by Gasteiger charge is 2.11. The molecule has 1 amide bonds. The van der Waals surface area contributed by atoms with Crippen molar-refractivity contribution >= 4 is 17.8 Å². The van der Waals surface area contributed by atoms with E-state index in [1.165, 1.54) is 30.3 Å². The molecular weight excluding hydrogens is 296 g/mol. The first-order chi connectivity index (χ1) is 10.5. The molecule has 2 rings (SSSR count). The summed E-state index contributed by atoms with van der Waals surface area (Å²) < 4.78 is 26.3. The van der Waals surface area contributed by atoms with Gasteiger partial charge in [-0.2, -0.15) is 5.10 Å². The van der Waals surface area contributed by atoms with Crippen LogP contribution in [0.3, 0.4) is 0 Å². The molecule has 2 aromatic rings. The van der Waals surface area contributed by atoms with Crippen molar-refractivity contribution < 1.29 is 18.5 Å². The Bertz CT molecular complexity index is 763. The molecule has 1 N–H and O–H groups in total. The van der Waals surface area contributed by atoms with Gasteiger partial charge in [-0.15, -0.1) is 0 Å². The minimum atomic E-state index is -1.09. The summed E-state index contributed by atoms with van der Waals surface area (Å²) in [4.78, 5) is 21.7. The molecule has 0 aliphatic rings. The van der Waals surface area contributed by atoms with Crippen molar-refractivity contribution in [2.75, 3.05) is 0 Å². The van der Waals surface area contributed by atoms with Crippen LogP contribution in [0, 0.1) is 21.7 Å². The van der Waals surface area contributed by atoms with E-state index in [0.29, 0.717) is 0 Å². The molecule has 0 heterocycles. The van der Waals surface area contributed by atoms with E-state index >= 15 is 0 Å². The first-order valence-corrected chi connectivity index (χ1v) is 6.01. The van der Waals surface area contributed by atoms with Gasteiger partial charge in [0.15, 0.2) is 11.6 Å². The van der Waals surface area contributed by atoms with Crippen molar-refractivity contribution in [3.8, 4) is 0 Å². The second-order valence-corrected chi connectivity index (χ2v) is 4.15. The molecule has 0 saturated heterocycles. The van der Waals surface area contributed by atoms with E-state index in [4.69, 9.17) is 0 Å². The summed E-state index contributed by atoms with van der Waals surface area (Å²) in [5, 5.41) is 14.1. The number of halogens is 2. The fourth-order valence-electron chi connectivity index (χ4n) is 1.61. The predicted molar refractivity (Wildman–Crippen MR) is 74.5 cm³/mol. The Morgan fingerprint density at radius 3 is 2.68 bits per heavy atom. The number of nitrogens with one attached hydrogen (secondary N) is 1. The number of hydrazone groups is 1. The SMILES string of the molecule is O=C(N/N=C/c1cccc(F)c1F)c1cccc([N+](=O)[O-])c1. The number of hydrogen-bond acceptors (Lipinski definition) is 4. The molecule has 0 radical (unpaired) electrons. The average molecular weight is 305 g/mol. The third kappa shape index (κ3) is 3.48. The number of nitro groups is 1. The summed E-state index contributed by atoms with van der Waals surface area (Å²) in [6.07, 6.45) is 0.938. The van der Waals surface area contributed by atoms with E-state index in [0.717, 1.165) is 18.3 Å². The lowest BCUT2D eigenvalue weighted by Gasteiger charge is -2.00. The Balaban J connectivity index is 2.09. The van der Waals surface area contributed by atoms with Crippen molar-refractivity contribution in [3.63, 3.8) is 0 Å². The van der Waals surface area contributed by atoms with E-state index < -0.39 is 22.5 Å². The van der Waals surface area contributed by atoms with Crippen molar-refractivity contribution in [1.82, 2.24) is 5.43 Å². The van der Waals surface area contributed by atoms with Gasteiger partial charge in [-0.25, -0.2) is 14.2 Å². The average Bonchev–Trinajstić information content (AvgIpc) is 2.51. The zero-order valence-corrected chi connectivity index (χ0v) is 11.0. The lowest BCUT2D eigenvalue weighted by atomic mass is 10.2. The molecular formula is C14H9F2N3O3. The maximum atomic E-state index is 13.3. The van der Waals surface area contributed by atoms with Gasteiger partial charge in [0.25, 0.3) is 11.6 Å². The third-order valence-corrected chi connectivity index (χ3v) is 2.67. The largest absolute Gasteiger partial charge is 0.271 e. The summed E-state index contributed by atoms with van der Waals surface area (Å²) in [6.45, 7) is 0. The van der Waals surface area contributed by atoms with Crippen LogP contribution in [-0.4, -0.2) is 17.0 Å². The van der Waals surface area contributed by atoms with Gasteiger partial charge in [-0.05, 0) is 12.1 Å². The molecule has 0 spiro atoms. The van der Waals surface area contributed by atoms with Gasteiger partial charge in [0.05, 0.1) is 11.1 Å². The van der Waals surface area contributed by atoms with Crippen LogP contribution in [0.2, 0.25) is 0 Å². The summed E-state index contributed by atoms with van der Waals surface area (Å²) in [6, 6.07) is 8.55. The first kappa shape index (κ1) is 15.2. The Hall–Kier alpha value is -3.16.